The predicted molar refractivity (Wildman–Crippen MR) is 130 cm³/mol. The van der Waals surface area contributed by atoms with Crippen LogP contribution in [0, 0.1) is 23.5 Å². The number of benzene rings is 2. The third-order valence-corrected chi connectivity index (χ3v) is 7.67. The molecule has 0 radical (unpaired) electrons. The van der Waals surface area contributed by atoms with Crippen molar-refractivity contribution in [1.29, 1.82) is 0 Å². The monoisotopic (exact) mass is 498 g/mol. The number of nitrogens with zero attached hydrogens (tertiary/aromatic N) is 1. The van der Waals surface area contributed by atoms with E-state index in [1.165, 1.54) is 0 Å². The molecule has 4 rings (SSSR count). The lowest BCUT2D eigenvalue weighted by molar-refractivity contribution is -0.142. The molecule has 6 nitrogen and oxygen atoms in total. The van der Waals surface area contributed by atoms with Crippen molar-refractivity contribution in [3.05, 3.63) is 70.8 Å². The summed E-state index contributed by atoms with van der Waals surface area (Å²) in [5.41, 5.74) is 6.05. The summed E-state index contributed by atoms with van der Waals surface area (Å²) < 4.78 is 33.8. The highest BCUT2D eigenvalue weighted by molar-refractivity contribution is 5.93. The maximum absolute atomic E-state index is 14.8. The van der Waals surface area contributed by atoms with Gasteiger partial charge in [-0.15, -0.1) is 0 Å². The molecule has 2 aromatic rings. The number of amides is 1. The van der Waals surface area contributed by atoms with E-state index < -0.39 is 29.2 Å². The van der Waals surface area contributed by atoms with Crippen molar-refractivity contribution in [2.75, 3.05) is 20.2 Å². The third kappa shape index (κ3) is 5.33. The number of rotatable bonds is 7. The summed E-state index contributed by atoms with van der Waals surface area (Å²) in [6.45, 7) is 1.04. The van der Waals surface area contributed by atoms with Crippen LogP contribution >= 0.6 is 0 Å². The highest BCUT2D eigenvalue weighted by Gasteiger charge is 2.44. The third-order valence-electron chi connectivity index (χ3n) is 7.67. The number of likely N-dealkylation sites (tertiary alicyclic amines) is 1. The van der Waals surface area contributed by atoms with Crippen molar-refractivity contribution >= 4 is 17.7 Å². The lowest BCUT2D eigenvalue weighted by Crippen LogP contribution is -2.46. The summed E-state index contributed by atoms with van der Waals surface area (Å²) in [5.74, 6) is -3.18. The molecule has 192 valence electrons. The van der Waals surface area contributed by atoms with Crippen LogP contribution in [-0.2, 0) is 20.7 Å². The SMILES string of the molecule is COC(=O)c1cc(F)c(CC(=O)[C@@H]2[C@@H](c3ccccc3)CCN2C(=O)C2CCC(CN)CC2)cc1F. The van der Waals surface area contributed by atoms with Crippen LogP contribution in [0.1, 0.15) is 59.5 Å². The lowest BCUT2D eigenvalue weighted by Gasteiger charge is -2.33. The first kappa shape index (κ1) is 25.9. The molecular formula is C28H32F2N2O4. The Morgan fingerprint density at radius 3 is 2.33 bits per heavy atom. The van der Waals surface area contributed by atoms with Crippen LogP contribution in [0.3, 0.4) is 0 Å². The maximum Gasteiger partial charge on any atom is 0.340 e. The van der Waals surface area contributed by atoms with Gasteiger partial charge in [0.1, 0.15) is 11.6 Å². The number of hydrogen-bond acceptors (Lipinski definition) is 5. The Bertz CT molecular complexity index is 1120. The van der Waals surface area contributed by atoms with E-state index in [1.807, 2.05) is 30.3 Å². The van der Waals surface area contributed by atoms with Gasteiger partial charge in [0.25, 0.3) is 0 Å². The Morgan fingerprint density at radius 2 is 1.69 bits per heavy atom. The topological polar surface area (TPSA) is 89.7 Å². The molecule has 1 aliphatic carbocycles. The van der Waals surface area contributed by atoms with Gasteiger partial charge in [0.05, 0.1) is 18.7 Å². The summed E-state index contributed by atoms with van der Waals surface area (Å²) in [7, 11) is 1.08. The molecule has 2 atom stereocenters. The maximum atomic E-state index is 14.8. The average Bonchev–Trinajstić information content (AvgIpc) is 3.35. The minimum absolute atomic E-state index is 0.0463. The van der Waals surface area contributed by atoms with Gasteiger partial charge in [-0.3, -0.25) is 9.59 Å². The highest BCUT2D eigenvalue weighted by Crippen LogP contribution is 2.38. The minimum Gasteiger partial charge on any atom is -0.465 e. The van der Waals surface area contributed by atoms with Crippen LogP contribution in [-0.4, -0.2) is 48.8 Å². The number of methoxy groups -OCH3 is 1. The second-order valence-electron chi connectivity index (χ2n) is 9.79. The highest BCUT2D eigenvalue weighted by atomic mass is 19.1. The summed E-state index contributed by atoms with van der Waals surface area (Å²) in [4.78, 5) is 40.6. The molecule has 2 aliphatic rings. The number of ether oxygens (including phenoxy) is 1. The standard InChI is InChI=1S/C28H32F2N2O4/c1-36-28(35)22-15-23(29)20(13-24(22)30)14-25(33)26-21(18-5-3-2-4-6-18)11-12-32(26)27(34)19-9-7-17(16-31)8-10-19/h2-6,13,15,17,19,21,26H,7-12,14,16,31H2,1H3/t17?,19?,21-,26+/m1/s1. The second-order valence-corrected chi connectivity index (χ2v) is 9.79. The van der Waals surface area contributed by atoms with Crippen LogP contribution in [0.2, 0.25) is 0 Å². The van der Waals surface area contributed by atoms with Crippen molar-refractivity contribution in [2.45, 2.75) is 50.5 Å². The summed E-state index contributed by atoms with van der Waals surface area (Å²) in [6, 6.07) is 10.4. The number of nitrogens with two attached hydrogens (primary N) is 1. The van der Waals surface area contributed by atoms with E-state index in [2.05, 4.69) is 4.74 Å². The second kappa shape index (κ2) is 11.3. The molecule has 2 fully saturated rings. The molecule has 0 unspecified atom stereocenters. The Morgan fingerprint density at radius 1 is 1.00 bits per heavy atom. The molecule has 2 N–H and O–H groups in total. The van der Waals surface area contributed by atoms with Gasteiger partial charge in [-0.05, 0) is 67.8 Å². The number of carbonyl (C=O) groups is 3. The van der Waals surface area contributed by atoms with Crippen LogP contribution < -0.4 is 5.73 Å². The fraction of sp³-hybridized carbons (Fsp3) is 0.464. The molecule has 2 aromatic carbocycles. The summed E-state index contributed by atoms with van der Waals surface area (Å²) >= 11 is 0. The molecule has 1 aliphatic heterocycles. The minimum atomic E-state index is -0.995. The quantitative estimate of drug-likeness (QED) is 0.583. The summed E-state index contributed by atoms with van der Waals surface area (Å²) in [6.07, 6.45) is 3.48. The van der Waals surface area contributed by atoms with Gasteiger partial charge in [0, 0.05) is 24.8 Å². The van der Waals surface area contributed by atoms with E-state index >= 15 is 0 Å². The van der Waals surface area contributed by atoms with Crippen LogP contribution in [0.5, 0.6) is 0 Å². The van der Waals surface area contributed by atoms with E-state index in [-0.39, 0.29) is 35.5 Å². The molecule has 0 aromatic heterocycles. The Balaban J connectivity index is 1.60. The van der Waals surface area contributed by atoms with E-state index in [0.717, 1.165) is 50.5 Å². The van der Waals surface area contributed by atoms with Crippen molar-refractivity contribution in [3.63, 3.8) is 0 Å². The van der Waals surface area contributed by atoms with Crippen molar-refractivity contribution in [3.8, 4) is 0 Å². The molecule has 1 saturated heterocycles. The predicted octanol–water partition coefficient (Wildman–Crippen LogP) is 4.01. The molecule has 0 spiro atoms. The Kier molecular flexibility index (Phi) is 8.14. The zero-order valence-corrected chi connectivity index (χ0v) is 20.4. The van der Waals surface area contributed by atoms with E-state index in [0.29, 0.717) is 25.4 Å². The van der Waals surface area contributed by atoms with Gasteiger partial charge in [0.2, 0.25) is 5.91 Å². The normalized spacial score (nSPS) is 23.9. The van der Waals surface area contributed by atoms with Crippen molar-refractivity contribution < 1.29 is 27.9 Å². The van der Waals surface area contributed by atoms with Gasteiger partial charge in [-0.25, -0.2) is 13.6 Å². The molecule has 0 bridgehead atoms. The number of hydrogen-bond donors (Lipinski definition) is 1. The molecule has 1 saturated carbocycles. The van der Waals surface area contributed by atoms with Gasteiger partial charge in [0.15, 0.2) is 5.78 Å². The van der Waals surface area contributed by atoms with Gasteiger partial charge in [-0.1, -0.05) is 30.3 Å². The molecular weight excluding hydrogens is 466 g/mol. The van der Waals surface area contributed by atoms with E-state index in [1.54, 1.807) is 4.90 Å². The molecule has 8 heteroatoms. The van der Waals surface area contributed by atoms with Gasteiger partial charge in [-0.2, -0.15) is 0 Å². The fourth-order valence-corrected chi connectivity index (χ4v) is 5.65. The molecule has 36 heavy (non-hydrogen) atoms. The fourth-order valence-electron chi connectivity index (χ4n) is 5.65. The van der Waals surface area contributed by atoms with Gasteiger partial charge < -0.3 is 15.4 Å². The molecule has 1 heterocycles. The van der Waals surface area contributed by atoms with Crippen LogP contribution in [0.4, 0.5) is 8.78 Å². The first-order valence-electron chi connectivity index (χ1n) is 12.5. The van der Waals surface area contributed by atoms with E-state index in [4.69, 9.17) is 5.73 Å². The number of carbonyl (C=O) groups excluding carboxylic acids is 3. The first-order valence-corrected chi connectivity index (χ1v) is 12.5. The Hall–Kier alpha value is -3.13. The van der Waals surface area contributed by atoms with Crippen LogP contribution in [0.25, 0.3) is 0 Å². The van der Waals surface area contributed by atoms with Crippen molar-refractivity contribution in [2.24, 2.45) is 17.6 Å². The van der Waals surface area contributed by atoms with E-state index in [9.17, 15) is 23.2 Å². The number of halogens is 2. The van der Waals surface area contributed by atoms with Crippen LogP contribution in [0.15, 0.2) is 42.5 Å². The lowest BCUT2D eigenvalue weighted by atomic mass is 9.81. The van der Waals surface area contributed by atoms with Gasteiger partial charge >= 0.3 is 5.97 Å². The zero-order valence-electron chi connectivity index (χ0n) is 20.4. The summed E-state index contributed by atoms with van der Waals surface area (Å²) in [5, 5.41) is 0. The largest absolute Gasteiger partial charge is 0.465 e. The number of Topliss-reactive ketones (excluding diaryl/α,β-unsaturated/α-hetero) is 1. The molecule has 1 amide bonds. The Labute approximate surface area is 209 Å². The smallest absolute Gasteiger partial charge is 0.340 e. The number of esters is 1. The number of ketones is 1. The van der Waals surface area contributed by atoms with Crippen molar-refractivity contribution in [1.82, 2.24) is 4.90 Å². The average molecular weight is 499 g/mol. The first-order chi connectivity index (χ1) is 17.3. The zero-order chi connectivity index (χ0) is 25.8.